The number of likely N-dealkylation sites (N-methyl/N-ethyl adjacent to an activating group) is 1. The molecule has 0 spiro atoms. The second-order valence-electron chi connectivity index (χ2n) is 4.49. The summed E-state index contributed by atoms with van der Waals surface area (Å²) >= 11 is 1.31. The fourth-order valence-corrected chi connectivity index (χ4v) is 2.33. The van der Waals surface area contributed by atoms with Crippen molar-refractivity contribution in [3.63, 3.8) is 0 Å². The first-order chi connectivity index (χ1) is 8.92. The van der Waals surface area contributed by atoms with Gasteiger partial charge in [0.15, 0.2) is 0 Å². The summed E-state index contributed by atoms with van der Waals surface area (Å²) in [6.45, 7) is 8.27. The van der Waals surface area contributed by atoms with Gasteiger partial charge in [0, 0.05) is 0 Å². The lowest BCUT2D eigenvalue weighted by atomic mass is 10.0. The Kier molecular flexibility index (Phi) is 5.50. The molecule has 106 valence electrons. The molecule has 0 radical (unpaired) electrons. The fourth-order valence-electron chi connectivity index (χ4n) is 1.56. The number of rotatable bonds is 6. The van der Waals surface area contributed by atoms with Crippen molar-refractivity contribution in [2.24, 2.45) is 0 Å². The Bertz CT molecular complexity index is 454. The van der Waals surface area contributed by atoms with Crippen LogP contribution >= 0.6 is 11.3 Å². The molecule has 0 saturated carbocycles. The molecule has 0 fully saturated rings. The number of ether oxygens (including phenoxy) is 1. The van der Waals surface area contributed by atoms with E-state index in [4.69, 9.17) is 4.74 Å². The molecule has 1 amide bonds. The largest absolute Gasteiger partial charge is 0.462 e. The topological polar surface area (TPSA) is 67.4 Å². The van der Waals surface area contributed by atoms with Crippen molar-refractivity contribution in [1.29, 1.82) is 0 Å². The Balaban J connectivity index is 2.81. The normalized spacial score (nSPS) is 11.2. The van der Waals surface area contributed by atoms with Crippen LogP contribution in [0.1, 0.15) is 38.1 Å². The maximum atomic E-state index is 12.1. The van der Waals surface area contributed by atoms with Crippen LogP contribution in [0.2, 0.25) is 0 Å². The van der Waals surface area contributed by atoms with Gasteiger partial charge >= 0.3 is 5.97 Å². The number of nitrogens with one attached hydrogen (secondary N) is 2. The molecule has 0 aliphatic carbocycles. The number of anilines is 1. The third-order valence-corrected chi connectivity index (χ3v) is 3.40. The summed E-state index contributed by atoms with van der Waals surface area (Å²) in [7, 11) is 0. The van der Waals surface area contributed by atoms with Gasteiger partial charge in [-0.1, -0.05) is 6.92 Å². The zero-order chi connectivity index (χ0) is 14.5. The quantitative estimate of drug-likeness (QED) is 0.786. The number of hydrogen-bond acceptors (Lipinski definition) is 5. The van der Waals surface area contributed by atoms with Crippen molar-refractivity contribution >= 4 is 28.2 Å². The van der Waals surface area contributed by atoms with Gasteiger partial charge in [0.25, 0.3) is 0 Å². The van der Waals surface area contributed by atoms with Crippen LogP contribution in [-0.2, 0) is 9.53 Å². The molecule has 0 bridgehead atoms. The molecule has 1 heterocycles. The van der Waals surface area contributed by atoms with Crippen LogP contribution in [-0.4, -0.2) is 30.6 Å². The van der Waals surface area contributed by atoms with Gasteiger partial charge in [-0.05, 0) is 38.8 Å². The lowest BCUT2D eigenvalue weighted by Crippen LogP contribution is -2.49. The fraction of sp³-hybridized carbons (Fsp3) is 0.538. The summed E-state index contributed by atoms with van der Waals surface area (Å²) in [5.74, 6) is -0.595. The second kappa shape index (κ2) is 6.68. The SMILES string of the molecule is CCNC(C)(C)C(=O)Nc1sccc1C(=O)OCC. The van der Waals surface area contributed by atoms with Gasteiger partial charge in [0.1, 0.15) is 5.00 Å². The number of esters is 1. The van der Waals surface area contributed by atoms with Crippen molar-refractivity contribution < 1.29 is 14.3 Å². The van der Waals surface area contributed by atoms with E-state index < -0.39 is 11.5 Å². The van der Waals surface area contributed by atoms with Gasteiger partial charge in [-0.25, -0.2) is 4.79 Å². The summed E-state index contributed by atoms with van der Waals surface area (Å²) in [4.78, 5) is 23.8. The summed E-state index contributed by atoms with van der Waals surface area (Å²) in [5.41, 5.74) is -0.294. The molecule has 1 aromatic rings. The van der Waals surface area contributed by atoms with Crippen LogP contribution in [0, 0.1) is 0 Å². The predicted octanol–water partition coefficient (Wildman–Crippen LogP) is 2.25. The maximum absolute atomic E-state index is 12.1. The highest BCUT2D eigenvalue weighted by molar-refractivity contribution is 7.14. The van der Waals surface area contributed by atoms with Gasteiger partial charge < -0.3 is 15.4 Å². The molecule has 1 aromatic heterocycles. The first-order valence-corrected chi connectivity index (χ1v) is 7.11. The third-order valence-electron chi connectivity index (χ3n) is 2.57. The number of thiophene rings is 1. The minimum Gasteiger partial charge on any atom is -0.462 e. The average Bonchev–Trinajstić information content (AvgIpc) is 2.77. The molecular weight excluding hydrogens is 264 g/mol. The van der Waals surface area contributed by atoms with Crippen LogP contribution in [0.3, 0.4) is 0 Å². The van der Waals surface area contributed by atoms with E-state index in [0.29, 0.717) is 23.7 Å². The Hall–Kier alpha value is -1.40. The average molecular weight is 284 g/mol. The third kappa shape index (κ3) is 4.04. The van der Waals surface area contributed by atoms with Crippen LogP contribution < -0.4 is 10.6 Å². The van der Waals surface area contributed by atoms with Gasteiger partial charge in [0.2, 0.25) is 5.91 Å². The lowest BCUT2D eigenvalue weighted by Gasteiger charge is -2.24. The van der Waals surface area contributed by atoms with E-state index in [0.717, 1.165) is 0 Å². The van der Waals surface area contributed by atoms with Gasteiger partial charge in [-0.15, -0.1) is 11.3 Å². The minimum atomic E-state index is -0.690. The number of carbonyl (C=O) groups is 2. The van der Waals surface area contributed by atoms with Crippen LogP contribution in [0.15, 0.2) is 11.4 Å². The van der Waals surface area contributed by atoms with Gasteiger partial charge in [0.05, 0.1) is 17.7 Å². The number of hydrogen-bond donors (Lipinski definition) is 2. The van der Waals surface area contributed by atoms with Crippen molar-refractivity contribution in [3.8, 4) is 0 Å². The van der Waals surface area contributed by atoms with E-state index in [1.54, 1.807) is 32.2 Å². The van der Waals surface area contributed by atoms with E-state index >= 15 is 0 Å². The molecule has 6 heteroatoms. The summed E-state index contributed by atoms with van der Waals surface area (Å²) < 4.78 is 4.94. The highest BCUT2D eigenvalue weighted by Crippen LogP contribution is 2.25. The van der Waals surface area contributed by atoms with Crippen LogP contribution in [0.5, 0.6) is 0 Å². The van der Waals surface area contributed by atoms with Gasteiger partial charge in [-0.2, -0.15) is 0 Å². The molecule has 2 N–H and O–H groups in total. The standard InChI is InChI=1S/C13H20N2O3S/c1-5-14-13(3,4)12(17)15-10-9(7-8-19-10)11(16)18-6-2/h7-8,14H,5-6H2,1-4H3,(H,15,17). The smallest absolute Gasteiger partial charge is 0.341 e. The highest BCUT2D eigenvalue weighted by Gasteiger charge is 2.27. The first kappa shape index (κ1) is 15.7. The van der Waals surface area contributed by atoms with Crippen molar-refractivity contribution in [1.82, 2.24) is 5.32 Å². The zero-order valence-corrected chi connectivity index (χ0v) is 12.5. The maximum Gasteiger partial charge on any atom is 0.341 e. The first-order valence-electron chi connectivity index (χ1n) is 6.23. The lowest BCUT2D eigenvalue weighted by molar-refractivity contribution is -0.121. The molecule has 1 rings (SSSR count). The number of carbonyl (C=O) groups excluding carboxylic acids is 2. The van der Waals surface area contributed by atoms with E-state index in [9.17, 15) is 9.59 Å². The molecule has 5 nitrogen and oxygen atoms in total. The Morgan fingerprint density at radius 3 is 2.63 bits per heavy atom. The Morgan fingerprint density at radius 1 is 1.37 bits per heavy atom. The minimum absolute atomic E-state index is 0.178. The molecule has 0 aromatic carbocycles. The second-order valence-corrected chi connectivity index (χ2v) is 5.41. The van der Waals surface area contributed by atoms with Gasteiger partial charge in [-0.3, -0.25) is 4.79 Å². The van der Waals surface area contributed by atoms with Crippen molar-refractivity contribution in [2.45, 2.75) is 33.2 Å². The van der Waals surface area contributed by atoms with Crippen molar-refractivity contribution in [3.05, 3.63) is 17.0 Å². The summed E-state index contributed by atoms with van der Waals surface area (Å²) in [6, 6.07) is 1.65. The monoisotopic (exact) mass is 284 g/mol. The highest BCUT2D eigenvalue weighted by atomic mass is 32.1. The molecule has 0 saturated heterocycles. The number of amides is 1. The van der Waals surface area contributed by atoms with Crippen LogP contribution in [0.25, 0.3) is 0 Å². The van der Waals surface area contributed by atoms with E-state index in [-0.39, 0.29) is 5.91 Å². The molecule has 19 heavy (non-hydrogen) atoms. The Labute approximate surface area is 117 Å². The molecular formula is C13H20N2O3S. The molecule has 0 unspecified atom stereocenters. The van der Waals surface area contributed by atoms with Crippen LogP contribution in [0.4, 0.5) is 5.00 Å². The summed E-state index contributed by atoms with van der Waals surface area (Å²) in [5, 5.41) is 8.13. The van der Waals surface area contributed by atoms with Crippen molar-refractivity contribution in [2.75, 3.05) is 18.5 Å². The Morgan fingerprint density at radius 2 is 2.05 bits per heavy atom. The predicted molar refractivity (Wildman–Crippen MR) is 76.7 cm³/mol. The molecule has 0 aliphatic rings. The molecule has 0 aliphatic heterocycles. The van der Waals surface area contributed by atoms with E-state index in [1.807, 2.05) is 6.92 Å². The summed E-state index contributed by atoms with van der Waals surface area (Å²) in [6.07, 6.45) is 0. The van der Waals surface area contributed by atoms with E-state index in [1.165, 1.54) is 11.3 Å². The molecule has 0 atom stereocenters. The zero-order valence-electron chi connectivity index (χ0n) is 11.7. The van der Waals surface area contributed by atoms with E-state index in [2.05, 4.69) is 10.6 Å².